The maximum Gasteiger partial charge on any atom is 0.306 e. The number of unbranched alkanes of at least 4 members (excludes halogenated alkanes) is 2. The molecule has 0 aliphatic heterocycles. The molecular formula is C16H24O4. The molecule has 0 aliphatic rings. The molecule has 4 nitrogen and oxygen atoms in total. The van der Waals surface area contributed by atoms with Crippen molar-refractivity contribution in [1.82, 2.24) is 0 Å². The Morgan fingerprint density at radius 1 is 1.20 bits per heavy atom. The molecule has 0 saturated carbocycles. The van der Waals surface area contributed by atoms with Gasteiger partial charge in [-0.15, -0.1) is 0 Å². The number of benzene rings is 1. The molecular weight excluding hydrogens is 256 g/mol. The van der Waals surface area contributed by atoms with Gasteiger partial charge in [-0.1, -0.05) is 36.8 Å². The molecule has 0 heterocycles. The summed E-state index contributed by atoms with van der Waals surface area (Å²) in [5, 5.41) is 8.64. The number of rotatable bonds is 10. The van der Waals surface area contributed by atoms with Crippen LogP contribution in [0.3, 0.4) is 0 Å². The molecule has 1 aromatic rings. The summed E-state index contributed by atoms with van der Waals surface area (Å²) in [6.45, 7) is 2.94. The second kappa shape index (κ2) is 10.4. The summed E-state index contributed by atoms with van der Waals surface area (Å²) in [6.07, 6.45) is 2.53. The first kappa shape index (κ1) is 16.7. The van der Waals surface area contributed by atoms with Crippen LogP contribution < -0.4 is 0 Å². The van der Waals surface area contributed by atoms with E-state index in [2.05, 4.69) is 0 Å². The first-order valence-electron chi connectivity index (χ1n) is 7.14. The maximum atomic E-state index is 11.5. The van der Waals surface area contributed by atoms with E-state index in [1.807, 2.05) is 37.3 Å². The number of hydrogen-bond donors (Lipinski definition) is 1. The van der Waals surface area contributed by atoms with E-state index in [9.17, 15) is 4.79 Å². The molecule has 1 aromatic carbocycles. The number of esters is 1. The molecule has 1 N–H and O–H groups in total. The standard InChI is InChI=1S/C16H24O4/c1-14(20-16(18)10-6-3-7-11-17)12-19-13-15-8-4-2-5-9-15/h2,4-5,8-9,14,17H,3,6-7,10-13H2,1H3. The Morgan fingerprint density at radius 2 is 1.95 bits per heavy atom. The van der Waals surface area contributed by atoms with Gasteiger partial charge < -0.3 is 14.6 Å². The van der Waals surface area contributed by atoms with Gasteiger partial charge in [-0.25, -0.2) is 0 Å². The lowest BCUT2D eigenvalue weighted by atomic mass is 10.2. The van der Waals surface area contributed by atoms with Gasteiger partial charge in [0.05, 0.1) is 13.2 Å². The van der Waals surface area contributed by atoms with E-state index in [1.165, 1.54) is 0 Å². The van der Waals surface area contributed by atoms with Gasteiger partial charge in [0.1, 0.15) is 6.10 Å². The topological polar surface area (TPSA) is 55.8 Å². The summed E-state index contributed by atoms with van der Waals surface area (Å²) in [4.78, 5) is 11.5. The molecule has 4 heteroatoms. The highest BCUT2D eigenvalue weighted by Crippen LogP contribution is 2.05. The maximum absolute atomic E-state index is 11.5. The van der Waals surface area contributed by atoms with Crippen molar-refractivity contribution in [3.63, 3.8) is 0 Å². The lowest BCUT2D eigenvalue weighted by Crippen LogP contribution is -2.20. The van der Waals surface area contributed by atoms with Crippen molar-refractivity contribution in [2.24, 2.45) is 0 Å². The average Bonchev–Trinajstić information content (AvgIpc) is 2.45. The van der Waals surface area contributed by atoms with Gasteiger partial charge in [-0.05, 0) is 25.3 Å². The number of carbonyl (C=O) groups is 1. The van der Waals surface area contributed by atoms with Gasteiger partial charge in [0.25, 0.3) is 0 Å². The molecule has 0 bridgehead atoms. The van der Waals surface area contributed by atoms with Crippen LogP contribution in [0.15, 0.2) is 30.3 Å². The zero-order valence-corrected chi connectivity index (χ0v) is 12.1. The summed E-state index contributed by atoms with van der Waals surface area (Å²) >= 11 is 0. The van der Waals surface area contributed by atoms with Crippen LogP contribution in [-0.4, -0.2) is 30.4 Å². The van der Waals surface area contributed by atoms with Crippen LogP contribution >= 0.6 is 0 Å². The van der Waals surface area contributed by atoms with Crippen molar-refractivity contribution in [1.29, 1.82) is 0 Å². The molecule has 1 rings (SSSR count). The van der Waals surface area contributed by atoms with Crippen LogP contribution in [0, 0.1) is 0 Å². The van der Waals surface area contributed by atoms with Crippen LogP contribution in [0.25, 0.3) is 0 Å². The highest BCUT2D eigenvalue weighted by atomic mass is 16.6. The second-order valence-electron chi connectivity index (χ2n) is 4.84. The number of aliphatic hydroxyl groups excluding tert-OH is 1. The Balaban J connectivity index is 2.07. The quantitative estimate of drug-likeness (QED) is 0.529. The largest absolute Gasteiger partial charge is 0.460 e. The zero-order chi connectivity index (χ0) is 14.6. The van der Waals surface area contributed by atoms with Crippen LogP contribution in [-0.2, 0) is 20.9 Å². The third-order valence-electron chi connectivity index (χ3n) is 2.84. The molecule has 0 radical (unpaired) electrons. The second-order valence-corrected chi connectivity index (χ2v) is 4.84. The third kappa shape index (κ3) is 7.92. The lowest BCUT2D eigenvalue weighted by molar-refractivity contribution is -0.151. The molecule has 112 valence electrons. The van der Waals surface area contributed by atoms with E-state index in [0.717, 1.165) is 24.8 Å². The fourth-order valence-electron chi connectivity index (χ4n) is 1.79. The number of carbonyl (C=O) groups excluding carboxylic acids is 1. The van der Waals surface area contributed by atoms with Gasteiger partial charge in [-0.2, -0.15) is 0 Å². The smallest absolute Gasteiger partial charge is 0.306 e. The summed E-state index contributed by atoms with van der Waals surface area (Å²) in [5.41, 5.74) is 1.11. The Bertz CT molecular complexity index is 364. The van der Waals surface area contributed by atoms with E-state index in [1.54, 1.807) is 0 Å². The zero-order valence-electron chi connectivity index (χ0n) is 12.1. The number of aliphatic hydroxyl groups is 1. The van der Waals surface area contributed by atoms with Gasteiger partial charge in [-0.3, -0.25) is 4.79 Å². The summed E-state index contributed by atoms with van der Waals surface area (Å²) < 4.78 is 10.8. The Labute approximate surface area is 120 Å². The Morgan fingerprint density at radius 3 is 2.65 bits per heavy atom. The van der Waals surface area contributed by atoms with E-state index in [0.29, 0.717) is 19.6 Å². The predicted molar refractivity (Wildman–Crippen MR) is 77.2 cm³/mol. The van der Waals surface area contributed by atoms with Crippen molar-refractivity contribution in [3.8, 4) is 0 Å². The Kier molecular flexibility index (Phi) is 8.67. The summed E-state index contributed by atoms with van der Waals surface area (Å²) in [5.74, 6) is -0.196. The molecule has 0 amide bonds. The minimum absolute atomic E-state index is 0.179. The van der Waals surface area contributed by atoms with Gasteiger partial charge >= 0.3 is 5.97 Å². The van der Waals surface area contributed by atoms with Crippen molar-refractivity contribution >= 4 is 5.97 Å². The number of ether oxygens (including phenoxy) is 2. The van der Waals surface area contributed by atoms with E-state index < -0.39 is 0 Å². The Hall–Kier alpha value is -1.39. The van der Waals surface area contributed by atoms with E-state index in [-0.39, 0.29) is 18.7 Å². The van der Waals surface area contributed by atoms with Gasteiger partial charge in [0.15, 0.2) is 0 Å². The predicted octanol–water partition coefficient (Wildman–Crippen LogP) is 2.69. The van der Waals surface area contributed by atoms with Crippen molar-refractivity contribution in [2.75, 3.05) is 13.2 Å². The van der Waals surface area contributed by atoms with Crippen molar-refractivity contribution in [3.05, 3.63) is 35.9 Å². The monoisotopic (exact) mass is 280 g/mol. The highest BCUT2D eigenvalue weighted by molar-refractivity contribution is 5.69. The van der Waals surface area contributed by atoms with Crippen LogP contribution in [0.4, 0.5) is 0 Å². The fraction of sp³-hybridized carbons (Fsp3) is 0.562. The summed E-state index contributed by atoms with van der Waals surface area (Å²) in [7, 11) is 0. The van der Waals surface area contributed by atoms with E-state index in [4.69, 9.17) is 14.6 Å². The molecule has 0 saturated heterocycles. The lowest BCUT2D eigenvalue weighted by Gasteiger charge is -2.13. The van der Waals surface area contributed by atoms with Crippen LogP contribution in [0.5, 0.6) is 0 Å². The highest BCUT2D eigenvalue weighted by Gasteiger charge is 2.09. The minimum Gasteiger partial charge on any atom is -0.460 e. The van der Waals surface area contributed by atoms with Gasteiger partial charge in [0.2, 0.25) is 0 Å². The third-order valence-corrected chi connectivity index (χ3v) is 2.84. The summed E-state index contributed by atoms with van der Waals surface area (Å²) in [6, 6.07) is 9.89. The molecule has 1 atom stereocenters. The van der Waals surface area contributed by atoms with Crippen molar-refractivity contribution in [2.45, 2.75) is 45.3 Å². The molecule has 0 aliphatic carbocycles. The molecule has 1 unspecified atom stereocenters. The fourth-order valence-corrected chi connectivity index (χ4v) is 1.79. The first-order valence-corrected chi connectivity index (χ1v) is 7.14. The number of hydrogen-bond acceptors (Lipinski definition) is 4. The molecule has 0 spiro atoms. The first-order chi connectivity index (χ1) is 9.72. The van der Waals surface area contributed by atoms with Crippen LogP contribution in [0.2, 0.25) is 0 Å². The molecule has 0 fully saturated rings. The normalized spacial score (nSPS) is 12.1. The average molecular weight is 280 g/mol. The van der Waals surface area contributed by atoms with Gasteiger partial charge in [0, 0.05) is 13.0 Å². The van der Waals surface area contributed by atoms with E-state index >= 15 is 0 Å². The molecule has 0 aromatic heterocycles. The SMILES string of the molecule is CC(COCc1ccccc1)OC(=O)CCCCCO. The minimum atomic E-state index is -0.232. The molecule has 20 heavy (non-hydrogen) atoms. The van der Waals surface area contributed by atoms with Crippen molar-refractivity contribution < 1.29 is 19.4 Å². The van der Waals surface area contributed by atoms with Crippen LogP contribution in [0.1, 0.15) is 38.2 Å².